The Morgan fingerprint density at radius 2 is 0.480 bits per heavy atom. The Bertz CT molecular complexity index is 1340. The number of unbranched alkanes of at least 4 members (excludes halogenated alkanes) is 39. The van der Waals surface area contributed by atoms with Crippen LogP contribution in [0.2, 0.25) is 0 Å². The van der Waals surface area contributed by atoms with Crippen molar-refractivity contribution in [2.75, 3.05) is 13.2 Å². The molecule has 1 unspecified atom stereocenters. The van der Waals surface area contributed by atoms with Gasteiger partial charge >= 0.3 is 17.9 Å². The highest BCUT2D eigenvalue weighted by Gasteiger charge is 2.19. The normalized spacial score (nSPS) is 12.4. The zero-order valence-corrected chi connectivity index (χ0v) is 50.1. The van der Waals surface area contributed by atoms with Crippen LogP contribution in [0.4, 0.5) is 0 Å². The van der Waals surface area contributed by atoms with E-state index in [0.717, 1.165) is 83.5 Å². The third-order valence-electron chi connectivity index (χ3n) is 14.5. The molecule has 75 heavy (non-hydrogen) atoms. The van der Waals surface area contributed by atoms with E-state index in [4.69, 9.17) is 14.2 Å². The summed E-state index contributed by atoms with van der Waals surface area (Å²) in [4.78, 5) is 38.2. The maximum absolute atomic E-state index is 12.9. The van der Waals surface area contributed by atoms with Gasteiger partial charge in [-0.2, -0.15) is 0 Å². The summed E-state index contributed by atoms with van der Waals surface area (Å²) < 4.78 is 16.9. The van der Waals surface area contributed by atoms with E-state index in [1.54, 1.807) is 0 Å². The predicted octanol–water partition coefficient (Wildman–Crippen LogP) is 22.3. The van der Waals surface area contributed by atoms with Gasteiger partial charge in [0.05, 0.1) is 0 Å². The Hall–Kier alpha value is -2.89. The highest BCUT2D eigenvalue weighted by molar-refractivity contribution is 5.71. The van der Waals surface area contributed by atoms with Crippen LogP contribution in [-0.4, -0.2) is 37.2 Å². The molecule has 0 aliphatic carbocycles. The van der Waals surface area contributed by atoms with Crippen molar-refractivity contribution in [2.24, 2.45) is 0 Å². The summed E-state index contributed by atoms with van der Waals surface area (Å²) in [6.07, 6.45) is 80.9. The first-order chi connectivity index (χ1) is 37.0. The molecule has 0 radical (unpaired) electrons. The molecule has 0 aromatic rings. The molecule has 0 saturated heterocycles. The molecule has 0 aliphatic heterocycles. The van der Waals surface area contributed by atoms with Crippen molar-refractivity contribution >= 4 is 17.9 Å². The Morgan fingerprint density at radius 3 is 0.773 bits per heavy atom. The number of allylic oxidation sites excluding steroid dienone is 10. The standard InChI is InChI=1S/C69H124O6/c1-4-7-10-13-16-19-22-24-26-28-29-30-31-32-33-34-35-36-37-38-39-41-42-44-47-50-53-56-59-62-68(71)74-65-66(64-73-67(70)61-58-55-52-49-46-21-18-15-12-9-6-3)75-69(72)63-60-57-54-51-48-45-43-40-27-25-23-20-17-14-11-8-5-2/h17,20,22,24-25,27-29,31-32,66H,4-16,18-19,21,23,26,30,33-65H2,1-3H3/b20-17-,24-22-,27-25-,29-28-,32-31-. The molecule has 6 nitrogen and oxygen atoms in total. The van der Waals surface area contributed by atoms with Crippen LogP contribution in [0.5, 0.6) is 0 Å². The van der Waals surface area contributed by atoms with E-state index < -0.39 is 6.10 Å². The minimum atomic E-state index is -0.776. The van der Waals surface area contributed by atoms with E-state index in [1.165, 1.54) is 218 Å². The van der Waals surface area contributed by atoms with Crippen molar-refractivity contribution in [3.8, 4) is 0 Å². The Kier molecular flexibility index (Phi) is 61.2. The van der Waals surface area contributed by atoms with Crippen LogP contribution in [0.15, 0.2) is 60.8 Å². The highest BCUT2D eigenvalue weighted by atomic mass is 16.6. The van der Waals surface area contributed by atoms with Crippen LogP contribution in [0.3, 0.4) is 0 Å². The summed E-state index contributed by atoms with van der Waals surface area (Å²) in [5.41, 5.74) is 0. The zero-order chi connectivity index (χ0) is 54.3. The van der Waals surface area contributed by atoms with Gasteiger partial charge in [0.15, 0.2) is 6.10 Å². The van der Waals surface area contributed by atoms with Crippen molar-refractivity contribution in [3.05, 3.63) is 60.8 Å². The molecule has 0 aromatic carbocycles. The van der Waals surface area contributed by atoms with E-state index in [2.05, 4.69) is 81.5 Å². The van der Waals surface area contributed by atoms with Gasteiger partial charge in [-0.25, -0.2) is 0 Å². The van der Waals surface area contributed by atoms with E-state index in [1.807, 2.05) is 0 Å². The summed E-state index contributed by atoms with van der Waals surface area (Å²) in [6.45, 7) is 6.63. The van der Waals surface area contributed by atoms with Crippen LogP contribution in [-0.2, 0) is 28.6 Å². The number of carbonyl (C=O) groups excluding carboxylic acids is 3. The number of carbonyl (C=O) groups is 3. The van der Waals surface area contributed by atoms with Crippen LogP contribution in [0, 0.1) is 0 Å². The fourth-order valence-corrected chi connectivity index (χ4v) is 9.54. The maximum Gasteiger partial charge on any atom is 0.306 e. The van der Waals surface area contributed by atoms with Crippen molar-refractivity contribution in [1.82, 2.24) is 0 Å². The van der Waals surface area contributed by atoms with Crippen molar-refractivity contribution in [1.29, 1.82) is 0 Å². The highest BCUT2D eigenvalue weighted by Crippen LogP contribution is 2.17. The fraction of sp³-hybridized carbons (Fsp3) is 0.812. The first-order valence-corrected chi connectivity index (χ1v) is 32.8. The lowest BCUT2D eigenvalue weighted by molar-refractivity contribution is -0.167. The second-order valence-electron chi connectivity index (χ2n) is 22.0. The van der Waals surface area contributed by atoms with Crippen molar-refractivity contribution in [3.63, 3.8) is 0 Å². The van der Waals surface area contributed by atoms with Gasteiger partial charge < -0.3 is 14.2 Å². The summed E-state index contributed by atoms with van der Waals surface area (Å²) in [5.74, 6) is -0.866. The van der Waals surface area contributed by atoms with Crippen LogP contribution < -0.4 is 0 Å². The van der Waals surface area contributed by atoms with Crippen molar-refractivity contribution < 1.29 is 28.6 Å². The molecule has 0 fully saturated rings. The quantitative estimate of drug-likeness (QED) is 0.0261. The molecule has 0 heterocycles. The van der Waals surface area contributed by atoms with Gasteiger partial charge in [0.25, 0.3) is 0 Å². The molecular formula is C69H124O6. The largest absolute Gasteiger partial charge is 0.462 e. The summed E-state index contributed by atoms with van der Waals surface area (Å²) in [5, 5.41) is 0. The van der Waals surface area contributed by atoms with Crippen LogP contribution in [0.1, 0.15) is 342 Å². The minimum Gasteiger partial charge on any atom is -0.462 e. The molecule has 0 aliphatic rings. The molecule has 0 bridgehead atoms. The first-order valence-electron chi connectivity index (χ1n) is 32.8. The topological polar surface area (TPSA) is 78.9 Å². The molecule has 436 valence electrons. The van der Waals surface area contributed by atoms with Gasteiger partial charge in [0.2, 0.25) is 0 Å². The molecular weight excluding hydrogens is 925 g/mol. The number of ether oxygens (including phenoxy) is 3. The van der Waals surface area contributed by atoms with Crippen molar-refractivity contribution in [2.45, 2.75) is 348 Å². The van der Waals surface area contributed by atoms with Gasteiger partial charge in [0.1, 0.15) is 13.2 Å². The third kappa shape index (κ3) is 61.8. The van der Waals surface area contributed by atoms with E-state index in [9.17, 15) is 14.4 Å². The first kappa shape index (κ1) is 72.1. The second-order valence-corrected chi connectivity index (χ2v) is 22.0. The predicted molar refractivity (Wildman–Crippen MR) is 325 cm³/mol. The third-order valence-corrected chi connectivity index (χ3v) is 14.5. The minimum absolute atomic E-state index is 0.0738. The van der Waals surface area contributed by atoms with Crippen LogP contribution >= 0.6 is 0 Å². The number of rotatable bonds is 60. The van der Waals surface area contributed by atoms with Gasteiger partial charge in [-0.3, -0.25) is 14.4 Å². The lowest BCUT2D eigenvalue weighted by Gasteiger charge is -2.18. The number of esters is 3. The maximum atomic E-state index is 12.9. The zero-order valence-electron chi connectivity index (χ0n) is 50.1. The fourth-order valence-electron chi connectivity index (χ4n) is 9.54. The van der Waals surface area contributed by atoms with Gasteiger partial charge in [-0.15, -0.1) is 0 Å². The summed E-state index contributed by atoms with van der Waals surface area (Å²) in [6, 6.07) is 0. The summed E-state index contributed by atoms with van der Waals surface area (Å²) in [7, 11) is 0. The molecule has 0 amide bonds. The average molecular weight is 1050 g/mol. The van der Waals surface area contributed by atoms with Gasteiger partial charge in [-0.05, 0) is 89.9 Å². The smallest absolute Gasteiger partial charge is 0.306 e. The molecule has 0 N–H and O–H groups in total. The monoisotopic (exact) mass is 1050 g/mol. The molecule has 0 saturated carbocycles. The molecule has 0 rings (SSSR count). The Morgan fingerprint density at radius 1 is 0.267 bits per heavy atom. The second kappa shape index (κ2) is 63.6. The Balaban J connectivity index is 4.19. The van der Waals surface area contributed by atoms with E-state index >= 15 is 0 Å². The van der Waals surface area contributed by atoms with E-state index in [0.29, 0.717) is 19.3 Å². The molecule has 0 aromatic heterocycles. The SMILES string of the molecule is CCCCC/C=C\C/C=C\CCCCCCCCCC(=O)OC(COC(=O)CCCCCCCCCCCCC)COC(=O)CCCCCCCCCCCCCCCC/C=C\C/C=C\C/C=C\CCCCCCC. The molecule has 0 spiro atoms. The lowest BCUT2D eigenvalue weighted by atomic mass is 10.0. The van der Waals surface area contributed by atoms with Gasteiger partial charge in [-0.1, -0.05) is 293 Å². The Labute approximate surface area is 466 Å². The average Bonchev–Trinajstić information content (AvgIpc) is 3.41. The van der Waals surface area contributed by atoms with Gasteiger partial charge in [0, 0.05) is 19.3 Å². The lowest BCUT2D eigenvalue weighted by Crippen LogP contribution is -2.30. The number of hydrogen-bond donors (Lipinski definition) is 0. The van der Waals surface area contributed by atoms with Crippen LogP contribution in [0.25, 0.3) is 0 Å². The molecule has 1 atom stereocenters. The molecule has 6 heteroatoms. The van der Waals surface area contributed by atoms with E-state index in [-0.39, 0.29) is 31.1 Å². The number of hydrogen-bond acceptors (Lipinski definition) is 6. The summed E-state index contributed by atoms with van der Waals surface area (Å²) >= 11 is 0.